The van der Waals surface area contributed by atoms with Crippen LogP contribution in [0.4, 0.5) is 8.78 Å². The lowest BCUT2D eigenvalue weighted by molar-refractivity contribution is 0.270. The first kappa shape index (κ1) is 15.4. The van der Waals surface area contributed by atoms with Gasteiger partial charge in [0.1, 0.15) is 0 Å². The van der Waals surface area contributed by atoms with E-state index in [0.717, 1.165) is 44.4 Å². The molecule has 1 nitrogen and oxygen atoms in total. The van der Waals surface area contributed by atoms with Crippen LogP contribution in [-0.4, -0.2) is 11.7 Å². The van der Waals surface area contributed by atoms with Crippen molar-refractivity contribution in [3.8, 4) is 0 Å². The van der Waals surface area contributed by atoms with Crippen molar-refractivity contribution in [2.75, 3.05) is 6.61 Å². The zero-order chi connectivity index (χ0) is 14.4. The van der Waals surface area contributed by atoms with Crippen molar-refractivity contribution >= 4 is 0 Å². The highest BCUT2D eigenvalue weighted by atomic mass is 19.2. The first-order valence-corrected chi connectivity index (χ1v) is 7.77. The minimum atomic E-state index is -0.728. The fourth-order valence-electron chi connectivity index (χ4n) is 3.32. The Bertz CT molecular complexity index is 411. The van der Waals surface area contributed by atoms with Gasteiger partial charge >= 0.3 is 0 Å². The SMILES string of the molecule is OCCCCC[C@H]1CC[C@H](c2cccc(F)c2F)CC1. The molecule has 112 valence electrons. The molecule has 0 aliphatic heterocycles. The molecular weight excluding hydrogens is 258 g/mol. The monoisotopic (exact) mass is 282 g/mol. The van der Waals surface area contributed by atoms with Crippen LogP contribution in [0.5, 0.6) is 0 Å². The number of hydrogen-bond donors (Lipinski definition) is 1. The second-order valence-corrected chi connectivity index (χ2v) is 5.93. The second kappa shape index (κ2) is 7.72. The normalized spacial score (nSPS) is 22.9. The van der Waals surface area contributed by atoms with Gasteiger partial charge in [0.2, 0.25) is 0 Å². The van der Waals surface area contributed by atoms with Gasteiger partial charge < -0.3 is 5.11 Å². The summed E-state index contributed by atoms with van der Waals surface area (Å²) in [6, 6.07) is 4.52. The fraction of sp³-hybridized carbons (Fsp3) is 0.647. The van der Waals surface area contributed by atoms with Gasteiger partial charge in [-0.1, -0.05) is 31.4 Å². The van der Waals surface area contributed by atoms with Gasteiger partial charge in [0.05, 0.1) is 0 Å². The molecular formula is C17H24F2O. The van der Waals surface area contributed by atoms with Gasteiger partial charge in [-0.2, -0.15) is 0 Å². The van der Waals surface area contributed by atoms with Crippen LogP contribution in [0.3, 0.4) is 0 Å². The van der Waals surface area contributed by atoms with Crippen LogP contribution in [0, 0.1) is 17.6 Å². The molecule has 20 heavy (non-hydrogen) atoms. The molecule has 0 saturated heterocycles. The van der Waals surface area contributed by atoms with Gasteiger partial charge in [-0.15, -0.1) is 0 Å². The van der Waals surface area contributed by atoms with E-state index in [0.29, 0.717) is 5.56 Å². The van der Waals surface area contributed by atoms with Crippen LogP contribution in [0.2, 0.25) is 0 Å². The predicted molar refractivity (Wildman–Crippen MR) is 76.6 cm³/mol. The maximum absolute atomic E-state index is 13.8. The topological polar surface area (TPSA) is 20.2 Å². The molecule has 3 heteroatoms. The fourth-order valence-corrected chi connectivity index (χ4v) is 3.32. The minimum absolute atomic E-state index is 0.180. The Hall–Kier alpha value is -0.960. The highest BCUT2D eigenvalue weighted by molar-refractivity contribution is 5.23. The van der Waals surface area contributed by atoms with Crippen molar-refractivity contribution in [2.24, 2.45) is 5.92 Å². The summed E-state index contributed by atoms with van der Waals surface area (Å²) in [5.74, 6) is -0.478. The second-order valence-electron chi connectivity index (χ2n) is 5.93. The maximum atomic E-state index is 13.8. The van der Waals surface area contributed by atoms with Crippen molar-refractivity contribution in [3.05, 3.63) is 35.4 Å². The smallest absolute Gasteiger partial charge is 0.162 e. The number of benzene rings is 1. The van der Waals surface area contributed by atoms with E-state index in [-0.39, 0.29) is 12.5 Å². The van der Waals surface area contributed by atoms with E-state index >= 15 is 0 Å². The number of aliphatic hydroxyl groups excluding tert-OH is 1. The van der Waals surface area contributed by atoms with Gasteiger partial charge in [-0.3, -0.25) is 0 Å². The number of hydrogen-bond acceptors (Lipinski definition) is 1. The highest BCUT2D eigenvalue weighted by Crippen LogP contribution is 2.38. The first-order valence-electron chi connectivity index (χ1n) is 7.77. The molecule has 1 aromatic rings. The molecule has 1 fully saturated rings. The van der Waals surface area contributed by atoms with Gasteiger partial charge in [-0.25, -0.2) is 8.78 Å². The lowest BCUT2D eigenvalue weighted by atomic mass is 9.77. The van der Waals surface area contributed by atoms with E-state index in [1.165, 1.54) is 18.9 Å². The summed E-state index contributed by atoms with van der Waals surface area (Å²) in [5, 5.41) is 8.75. The van der Waals surface area contributed by atoms with Crippen molar-refractivity contribution < 1.29 is 13.9 Å². The molecule has 1 N–H and O–H groups in total. The Morgan fingerprint density at radius 2 is 1.75 bits per heavy atom. The molecule has 0 radical (unpaired) electrons. The third kappa shape index (κ3) is 4.02. The summed E-state index contributed by atoms with van der Waals surface area (Å²) in [5.41, 5.74) is 0.559. The van der Waals surface area contributed by atoms with E-state index < -0.39 is 11.6 Å². The lowest BCUT2D eigenvalue weighted by Gasteiger charge is -2.29. The molecule has 0 spiro atoms. The summed E-state index contributed by atoms with van der Waals surface area (Å²) in [7, 11) is 0. The zero-order valence-corrected chi connectivity index (χ0v) is 12.0. The van der Waals surface area contributed by atoms with Gasteiger partial charge in [-0.05, 0) is 55.6 Å². The quantitative estimate of drug-likeness (QED) is 0.744. The molecule has 1 aliphatic carbocycles. The van der Waals surface area contributed by atoms with E-state index in [1.54, 1.807) is 12.1 Å². The molecule has 0 bridgehead atoms. The Labute approximate surface area is 120 Å². The number of rotatable bonds is 6. The molecule has 0 heterocycles. The number of halogens is 2. The number of aliphatic hydroxyl groups is 1. The third-order valence-electron chi connectivity index (χ3n) is 4.54. The van der Waals surface area contributed by atoms with E-state index in [4.69, 9.17) is 5.11 Å². The van der Waals surface area contributed by atoms with E-state index in [2.05, 4.69) is 0 Å². The standard InChI is InChI=1S/C17H24F2O/c18-16-7-4-6-15(17(16)19)14-10-8-13(9-11-14)5-2-1-3-12-20/h4,6-7,13-14,20H,1-3,5,8-12H2/t13-,14-. The zero-order valence-electron chi connectivity index (χ0n) is 12.0. The molecule has 1 saturated carbocycles. The van der Waals surface area contributed by atoms with Crippen LogP contribution >= 0.6 is 0 Å². The maximum Gasteiger partial charge on any atom is 0.162 e. The molecule has 1 aromatic carbocycles. The first-order chi connectivity index (χ1) is 9.72. The van der Waals surface area contributed by atoms with Crippen LogP contribution in [0.1, 0.15) is 62.8 Å². The molecule has 1 aliphatic rings. The molecule has 0 aromatic heterocycles. The van der Waals surface area contributed by atoms with Crippen molar-refractivity contribution in [1.29, 1.82) is 0 Å². The lowest BCUT2D eigenvalue weighted by Crippen LogP contribution is -2.14. The largest absolute Gasteiger partial charge is 0.396 e. The number of unbranched alkanes of at least 4 members (excludes halogenated alkanes) is 2. The van der Waals surface area contributed by atoms with E-state index in [9.17, 15) is 8.78 Å². The minimum Gasteiger partial charge on any atom is -0.396 e. The van der Waals surface area contributed by atoms with Crippen molar-refractivity contribution in [1.82, 2.24) is 0 Å². The summed E-state index contributed by atoms with van der Waals surface area (Å²) >= 11 is 0. The Balaban J connectivity index is 1.80. The van der Waals surface area contributed by atoms with Crippen molar-refractivity contribution in [2.45, 2.75) is 57.3 Å². The third-order valence-corrected chi connectivity index (χ3v) is 4.54. The molecule has 0 atom stereocenters. The highest BCUT2D eigenvalue weighted by Gasteiger charge is 2.24. The van der Waals surface area contributed by atoms with Gasteiger partial charge in [0.15, 0.2) is 11.6 Å². The van der Waals surface area contributed by atoms with Crippen LogP contribution < -0.4 is 0 Å². The van der Waals surface area contributed by atoms with Crippen molar-refractivity contribution in [3.63, 3.8) is 0 Å². The molecule has 0 unspecified atom stereocenters. The summed E-state index contributed by atoms with van der Waals surface area (Å²) in [4.78, 5) is 0. The van der Waals surface area contributed by atoms with Gasteiger partial charge in [0, 0.05) is 6.61 Å². The van der Waals surface area contributed by atoms with E-state index in [1.807, 2.05) is 0 Å². The summed E-state index contributed by atoms with van der Waals surface area (Å²) < 4.78 is 27.0. The Morgan fingerprint density at radius 1 is 1.00 bits per heavy atom. The molecule has 2 rings (SSSR count). The predicted octanol–water partition coefficient (Wildman–Crippen LogP) is 4.79. The summed E-state index contributed by atoms with van der Waals surface area (Å²) in [6.45, 7) is 0.283. The van der Waals surface area contributed by atoms with Crippen LogP contribution in [-0.2, 0) is 0 Å². The average Bonchev–Trinajstić information content (AvgIpc) is 2.47. The molecule has 0 amide bonds. The van der Waals surface area contributed by atoms with Gasteiger partial charge in [0.25, 0.3) is 0 Å². The van der Waals surface area contributed by atoms with Crippen LogP contribution in [0.15, 0.2) is 18.2 Å². The average molecular weight is 282 g/mol. The Morgan fingerprint density at radius 3 is 2.45 bits per heavy atom. The summed E-state index contributed by atoms with van der Waals surface area (Å²) in [6.07, 6.45) is 8.51. The Kier molecular flexibility index (Phi) is 5.96. The van der Waals surface area contributed by atoms with Crippen LogP contribution in [0.25, 0.3) is 0 Å².